The van der Waals surface area contributed by atoms with Crippen molar-refractivity contribution in [3.63, 3.8) is 0 Å². The first-order chi connectivity index (χ1) is 14.7. The van der Waals surface area contributed by atoms with Gasteiger partial charge in [0.25, 0.3) is 5.91 Å². The van der Waals surface area contributed by atoms with E-state index in [1.807, 2.05) is 0 Å². The molecule has 8 nitrogen and oxygen atoms in total. The van der Waals surface area contributed by atoms with Crippen molar-refractivity contribution in [2.24, 2.45) is 0 Å². The first-order valence-electron chi connectivity index (χ1n) is 8.75. The van der Waals surface area contributed by atoms with E-state index in [0.29, 0.717) is 21.5 Å². The van der Waals surface area contributed by atoms with Crippen LogP contribution in [0.4, 0.5) is 5.69 Å². The number of benzene rings is 2. The van der Waals surface area contributed by atoms with Gasteiger partial charge in [0.15, 0.2) is 11.7 Å². The smallest absolute Gasteiger partial charge is 0.264 e. The summed E-state index contributed by atoms with van der Waals surface area (Å²) in [6.07, 6.45) is -0.176. The summed E-state index contributed by atoms with van der Waals surface area (Å²) in [5, 5.41) is 5.55. The van der Waals surface area contributed by atoms with Crippen molar-refractivity contribution in [2.75, 3.05) is 11.9 Å². The highest BCUT2D eigenvalue weighted by Gasteiger charge is 2.11. The Kier molecular flexibility index (Phi) is 9.99. The average molecular weight is 548 g/mol. The first-order valence-corrected chi connectivity index (χ1v) is 10.7. The zero-order valence-corrected chi connectivity index (χ0v) is 19.8. The molecule has 0 saturated carbocycles. The second-order valence-electron chi connectivity index (χ2n) is 5.94. The number of para-hydroxylation sites is 1. The van der Waals surface area contributed by atoms with Gasteiger partial charge >= 0.3 is 0 Å². The summed E-state index contributed by atoms with van der Waals surface area (Å²) in [5.74, 6) is -1.08. The predicted octanol–water partition coefficient (Wildman–Crippen LogP) is 3.58. The fraction of sp³-hybridized carbons (Fsp3) is 0.158. The van der Waals surface area contributed by atoms with Crippen LogP contribution in [0.2, 0.25) is 10.0 Å². The van der Waals surface area contributed by atoms with Crippen LogP contribution in [0.15, 0.2) is 46.9 Å². The third kappa shape index (κ3) is 9.09. The van der Waals surface area contributed by atoms with E-state index in [1.165, 1.54) is 0 Å². The molecule has 0 aliphatic rings. The molecule has 12 heteroatoms. The first kappa shape index (κ1) is 24.9. The number of hydrogen-bond donors (Lipinski definition) is 4. The molecule has 0 atom stereocenters. The Labute approximate surface area is 202 Å². The molecule has 2 aromatic carbocycles. The van der Waals surface area contributed by atoms with Gasteiger partial charge in [0.2, 0.25) is 11.8 Å². The summed E-state index contributed by atoms with van der Waals surface area (Å²) >= 11 is 20.1. The molecule has 0 unspecified atom stereocenters. The molecule has 0 aromatic heterocycles. The van der Waals surface area contributed by atoms with Gasteiger partial charge < -0.3 is 10.1 Å². The minimum atomic E-state index is -0.551. The highest BCUT2D eigenvalue weighted by atomic mass is 79.9. The minimum Gasteiger partial charge on any atom is -0.482 e. The van der Waals surface area contributed by atoms with Gasteiger partial charge in [0, 0.05) is 17.3 Å². The maximum Gasteiger partial charge on any atom is 0.264 e. The van der Waals surface area contributed by atoms with Gasteiger partial charge in [-0.3, -0.25) is 30.6 Å². The lowest BCUT2D eigenvalue weighted by Gasteiger charge is -2.12. The molecule has 0 bridgehead atoms. The Hall–Kier alpha value is -2.40. The van der Waals surface area contributed by atoms with E-state index in [1.54, 1.807) is 42.5 Å². The lowest BCUT2D eigenvalue weighted by Crippen LogP contribution is -2.49. The SMILES string of the molecule is O=C(CCC(=O)Nc1ccccc1Cl)NNC(=S)NC(=O)COc1ccc(Br)cc1Cl. The van der Waals surface area contributed by atoms with Crippen LogP contribution in [0.3, 0.4) is 0 Å². The van der Waals surface area contributed by atoms with Gasteiger partial charge in [-0.15, -0.1) is 0 Å². The van der Waals surface area contributed by atoms with E-state index < -0.39 is 11.8 Å². The van der Waals surface area contributed by atoms with Crippen molar-refractivity contribution in [3.8, 4) is 5.75 Å². The number of carbonyl (C=O) groups is 3. The summed E-state index contributed by atoms with van der Waals surface area (Å²) < 4.78 is 6.08. The molecule has 31 heavy (non-hydrogen) atoms. The zero-order valence-electron chi connectivity index (χ0n) is 15.8. The molecule has 3 amide bonds. The van der Waals surface area contributed by atoms with Crippen molar-refractivity contribution < 1.29 is 19.1 Å². The van der Waals surface area contributed by atoms with Crippen molar-refractivity contribution in [3.05, 3.63) is 57.0 Å². The monoisotopic (exact) mass is 546 g/mol. The molecule has 0 heterocycles. The second-order valence-corrected chi connectivity index (χ2v) is 8.08. The highest BCUT2D eigenvalue weighted by Crippen LogP contribution is 2.27. The van der Waals surface area contributed by atoms with Crippen molar-refractivity contribution in [2.45, 2.75) is 12.8 Å². The lowest BCUT2D eigenvalue weighted by molar-refractivity contribution is -0.125. The molecule has 0 radical (unpaired) electrons. The van der Waals surface area contributed by atoms with Crippen molar-refractivity contribution >= 4 is 79.9 Å². The lowest BCUT2D eigenvalue weighted by atomic mass is 10.2. The summed E-state index contributed by atoms with van der Waals surface area (Å²) in [7, 11) is 0. The van der Waals surface area contributed by atoms with Gasteiger partial charge in [-0.2, -0.15) is 0 Å². The number of ether oxygens (including phenoxy) is 1. The number of amides is 3. The van der Waals surface area contributed by atoms with Crippen LogP contribution in [0.5, 0.6) is 5.75 Å². The molecule has 0 spiro atoms. The zero-order chi connectivity index (χ0) is 22.8. The second kappa shape index (κ2) is 12.5. The summed E-state index contributed by atoms with van der Waals surface area (Å²) in [6, 6.07) is 11.7. The molecule has 4 N–H and O–H groups in total. The summed E-state index contributed by atoms with van der Waals surface area (Å²) in [6.45, 7) is -0.334. The molecule has 0 aliphatic heterocycles. The normalized spacial score (nSPS) is 10.0. The van der Waals surface area contributed by atoms with E-state index >= 15 is 0 Å². The molecule has 2 aromatic rings. The van der Waals surface area contributed by atoms with Crippen LogP contribution < -0.4 is 26.2 Å². The van der Waals surface area contributed by atoms with Gasteiger partial charge in [0.1, 0.15) is 5.75 Å². The van der Waals surface area contributed by atoms with Gasteiger partial charge in [-0.1, -0.05) is 51.3 Å². The van der Waals surface area contributed by atoms with Gasteiger partial charge in [-0.25, -0.2) is 0 Å². The van der Waals surface area contributed by atoms with Crippen LogP contribution in [0, 0.1) is 0 Å². The topological polar surface area (TPSA) is 109 Å². The van der Waals surface area contributed by atoms with E-state index in [0.717, 1.165) is 4.47 Å². The van der Waals surface area contributed by atoms with Crippen LogP contribution in [0.1, 0.15) is 12.8 Å². The third-order valence-corrected chi connectivity index (χ3v) is 4.87. The summed E-state index contributed by atoms with van der Waals surface area (Å²) in [4.78, 5) is 35.6. The van der Waals surface area contributed by atoms with Crippen LogP contribution in [0.25, 0.3) is 0 Å². The number of hydrazine groups is 1. The predicted molar refractivity (Wildman–Crippen MR) is 126 cm³/mol. The molecular formula is C19H17BrCl2N4O4S. The number of hydrogen-bond acceptors (Lipinski definition) is 5. The fourth-order valence-corrected chi connectivity index (χ4v) is 3.20. The standard InChI is InChI=1S/C19H17BrCl2N4O4S/c20-11-5-6-15(13(22)9-11)30-10-18(29)24-19(31)26-25-17(28)8-7-16(27)23-14-4-2-1-3-12(14)21/h1-6,9H,7-8,10H2,(H,23,27)(H,25,28)(H2,24,26,29,31). The number of carbonyl (C=O) groups excluding carboxylic acids is 3. The molecule has 164 valence electrons. The Morgan fingerprint density at radius 3 is 2.35 bits per heavy atom. The van der Waals surface area contributed by atoms with E-state index in [-0.39, 0.29) is 30.5 Å². The minimum absolute atomic E-state index is 0.0698. The van der Waals surface area contributed by atoms with Crippen molar-refractivity contribution in [1.29, 1.82) is 0 Å². The fourth-order valence-electron chi connectivity index (χ4n) is 2.12. The van der Waals surface area contributed by atoms with Crippen molar-refractivity contribution in [1.82, 2.24) is 16.2 Å². The number of thiocarbonyl (C=S) groups is 1. The molecule has 2 rings (SSSR count). The van der Waals surface area contributed by atoms with Gasteiger partial charge in [-0.05, 0) is 42.5 Å². The number of nitrogens with one attached hydrogen (secondary N) is 4. The number of rotatable bonds is 7. The Balaban J connectivity index is 1.64. The average Bonchev–Trinajstić information content (AvgIpc) is 2.72. The Morgan fingerprint density at radius 2 is 1.65 bits per heavy atom. The highest BCUT2D eigenvalue weighted by molar-refractivity contribution is 9.10. The maximum absolute atomic E-state index is 11.9. The Morgan fingerprint density at radius 1 is 0.935 bits per heavy atom. The van der Waals surface area contributed by atoms with Crippen LogP contribution in [-0.4, -0.2) is 29.4 Å². The molecule has 0 aliphatic carbocycles. The molecule has 0 fully saturated rings. The van der Waals surface area contributed by atoms with Crippen LogP contribution >= 0.6 is 51.3 Å². The largest absolute Gasteiger partial charge is 0.482 e. The Bertz CT molecular complexity index is 993. The van der Waals surface area contributed by atoms with Crippen LogP contribution in [-0.2, 0) is 14.4 Å². The van der Waals surface area contributed by atoms with E-state index in [2.05, 4.69) is 37.4 Å². The number of anilines is 1. The van der Waals surface area contributed by atoms with Gasteiger partial charge in [0.05, 0.1) is 15.7 Å². The molecule has 0 saturated heterocycles. The van der Waals surface area contributed by atoms with E-state index in [4.69, 9.17) is 40.2 Å². The number of halogens is 3. The van der Waals surface area contributed by atoms with E-state index in [9.17, 15) is 14.4 Å². The third-order valence-electron chi connectivity index (χ3n) is 3.55. The quantitative estimate of drug-likeness (QED) is 0.312. The summed E-state index contributed by atoms with van der Waals surface area (Å²) in [5.41, 5.74) is 5.12. The maximum atomic E-state index is 11.9. The molecular weight excluding hydrogens is 531 g/mol.